The number of benzene rings is 3. The van der Waals surface area contributed by atoms with Crippen LogP contribution in [0.25, 0.3) is 0 Å². The van der Waals surface area contributed by atoms with Gasteiger partial charge in [0.25, 0.3) is 0 Å². The summed E-state index contributed by atoms with van der Waals surface area (Å²) in [4.78, 5) is 24.6. The topological polar surface area (TPSA) is 123 Å². The number of carbonyl (C=O) groups is 2. The molecule has 0 spiro atoms. The van der Waals surface area contributed by atoms with Gasteiger partial charge in [-0.15, -0.1) is 0 Å². The van der Waals surface area contributed by atoms with Gasteiger partial charge in [0.15, 0.2) is 0 Å². The molecule has 8 heteroatoms. The lowest BCUT2D eigenvalue weighted by Gasteiger charge is -2.12. The number of hydrogen-bond acceptors (Lipinski definition) is 4. The number of rotatable bonds is 6. The highest BCUT2D eigenvalue weighted by atomic mass is 16.3. The molecule has 3 rings (SSSR count). The third-order valence-corrected chi connectivity index (χ3v) is 4.63. The first-order valence-corrected chi connectivity index (χ1v) is 10.1. The minimum atomic E-state index is -0.636. The van der Waals surface area contributed by atoms with Gasteiger partial charge in [0, 0.05) is 22.7 Å². The van der Waals surface area contributed by atoms with Crippen molar-refractivity contribution in [2.75, 3.05) is 21.3 Å². The molecular formula is C24H26N4O4. The molecule has 0 saturated carbocycles. The van der Waals surface area contributed by atoms with Crippen molar-refractivity contribution in [3.63, 3.8) is 0 Å². The number of urea groups is 2. The quantitative estimate of drug-likeness (QED) is 0.324. The Kier molecular flexibility index (Phi) is 7.43. The molecule has 0 aliphatic rings. The first-order chi connectivity index (χ1) is 15.3. The van der Waals surface area contributed by atoms with Crippen LogP contribution in [-0.4, -0.2) is 22.3 Å². The molecule has 4 amide bonds. The Balaban J connectivity index is 1.59. The van der Waals surface area contributed by atoms with E-state index < -0.39 is 24.3 Å². The summed E-state index contributed by atoms with van der Waals surface area (Å²) in [6.07, 6.45) is -1.27. The molecule has 2 atom stereocenters. The lowest BCUT2D eigenvalue weighted by Crippen LogP contribution is -2.21. The zero-order chi connectivity index (χ0) is 23.1. The number of hydrogen-bond donors (Lipinski definition) is 6. The Morgan fingerprint density at radius 2 is 0.906 bits per heavy atom. The molecule has 0 aliphatic heterocycles. The molecule has 8 nitrogen and oxygen atoms in total. The second-order valence-corrected chi connectivity index (χ2v) is 7.34. The number of nitrogens with one attached hydrogen (secondary N) is 4. The second-order valence-electron chi connectivity index (χ2n) is 7.34. The van der Waals surface area contributed by atoms with E-state index in [1.54, 1.807) is 86.6 Å². The molecule has 0 heterocycles. The zero-order valence-electron chi connectivity index (χ0n) is 17.8. The molecule has 3 aromatic carbocycles. The van der Waals surface area contributed by atoms with Crippen LogP contribution in [0.1, 0.15) is 37.2 Å². The number of carbonyl (C=O) groups excluding carboxylic acids is 2. The molecular weight excluding hydrogens is 408 g/mol. The summed E-state index contributed by atoms with van der Waals surface area (Å²) in [5.41, 5.74) is 3.46. The maximum absolute atomic E-state index is 12.3. The average molecular weight is 434 g/mol. The molecule has 166 valence electrons. The summed E-state index contributed by atoms with van der Waals surface area (Å²) in [7, 11) is 0. The van der Waals surface area contributed by atoms with E-state index in [4.69, 9.17) is 0 Å². The van der Waals surface area contributed by atoms with Crippen molar-refractivity contribution in [1.82, 2.24) is 0 Å². The van der Waals surface area contributed by atoms with Gasteiger partial charge in [0.2, 0.25) is 0 Å². The third kappa shape index (κ3) is 6.56. The molecule has 0 saturated heterocycles. The molecule has 32 heavy (non-hydrogen) atoms. The van der Waals surface area contributed by atoms with E-state index >= 15 is 0 Å². The monoisotopic (exact) mass is 434 g/mol. The minimum Gasteiger partial charge on any atom is -0.389 e. The average Bonchev–Trinajstić information content (AvgIpc) is 2.74. The lowest BCUT2D eigenvalue weighted by molar-refractivity contribution is 0.199. The fourth-order valence-electron chi connectivity index (χ4n) is 3.01. The molecule has 0 aromatic heterocycles. The first-order valence-electron chi connectivity index (χ1n) is 10.1. The fraction of sp³-hybridized carbons (Fsp3) is 0.167. The molecule has 6 N–H and O–H groups in total. The van der Waals surface area contributed by atoms with Crippen LogP contribution in [0.5, 0.6) is 0 Å². The number of amides is 4. The van der Waals surface area contributed by atoms with Crippen molar-refractivity contribution in [3.8, 4) is 0 Å². The van der Waals surface area contributed by atoms with Gasteiger partial charge in [0.1, 0.15) is 0 Å². The molecule has 0 bridgehead atoms. The molecule has 0 aliphatic carbocycles. The first kappa shape index (κ1) is 22.8. The van der Waals surface area contributed by atoms with Crippen molar-refractivity contribution >= 4 is 34.8 Å². The van der Waals surface area contributed by atoms with Gasteiger partial charge in [-0.2, -0.15) is 0 Å². The van der Waals surface area contributed by atoms with E-state index in [1.165, 1.54) is 0 Å². The van der Waals surface area contributed by atoms with Gasteiger partial charge in [-0.1, -0.05) is 30.3 Å². The molecule has 3 aromatic rings. The predicted molar refractivity (Wildman–Crippen MR) is 126 cm³/mol. The summed E-state index contributed by atoms with van der Waals surface area (Å²) >= 11 is 0. The van der Waals surface area contributed by atoms with Gasteiger partial charge in [-0.3, -0.25) is 0 Å². The van der Waals surface area contributed by atoms with E-state index in [1.807, 2.05) is 0 Å². The summed E-state index contributed by atoms with van der Waals surface area (Å²) in [5.74, 6) is 0. The fourth-order valence-corrected chi connectivity index (χ4v) is 3.01. The highest BCUT2D eigenvalue weighted by Crippen LogP contribution is 2.20. The van der Waals surface area contributed by atoms with E-state index in [-0.39, 0.29) is 0 Å². The second kappa shape index (κ2) is 10.4. The van der Waals surface area contributed by atoms with Crippen LogP contribution in [0, 0.1) is 0 Å². The third-order valence-electron chi connectivity index (χ3n) is 4.63. The summed E-state index contributed by atoms with van der Waals surface area (Å²) < 4.78 is 0. The van der Waals surface area contributed by atoms with Crippen LogP contribution in [0.15, 0.2) is 72.8 Å². The van der Waals surface area contributed by atoms with Crippen molar-refractivity contribution in [1.29, 1.82) is 0 Å². The SMILES string of the molecule is C[C@H](O)c1cccc(NC(=O)Nc2cccc(NC(=O)Nc3cccc([C@H](C)O)c3)c2)c1. The van der Waals surface area contributed by atoms with Crippen LogP contribution in [0.3, 0.4) is 0 Å². The Bertz CT molecular complexity index is 1020. The van der Waals surface area contributed by atoms with Crippen LogP contribution in [0.2, 0.25) is 0 Å². The minimum absolute atomic E-state index is 0.454. The van der Waals surface area contributed by atoms with Gasteiger partial charge in [-0.25, -0.2) is 9.59 Å². The Morgan fingerprint density at radius 3 is 1.25 bits per heavy atom. The maximum atomic E-state index is 12.3. The van der Waals surface area contributed by atoms with Gasteiger partial charge in [-0.05, 0) is 67.4 Å². The maximum Gasteiger partial charge on any atom is 0.323 e. The van der Waals surface area contributed by atoms with Crippen molar-refractivity contribution in [3.05, 3.63) is 83.9 Å². The molecule has 0 radical (unpaired) electrons. The summed E-state index contributed by atoms with van der Waals surface area (Å²) in [5, 5.41) is 30.2. The largest absolute Gasteiger partial charge is 0.389 e. The van der Waals surface area contributed by atoms with E-state index in [0.29, 0.717) is 33.9 Å². The van der Waals surface area contributed by atoms with Gasteiger partial charge < -0.3 is 31.5 Å². The van der Waals surface area contributed by atoms with E-state index in [9.17, 15) is 19.8 Å². The van der Waals surface area contributed by atoms with Crippen LogP contribution < -0.4 is 21.3 Å². The highest BCUT2D eigenvalue weighted by molar-refractivity contribution is 6.02. The van der Waals surface area contributed by atoms with E-state index in [0.717, 1.165) is 0 Å². The summed E-state index contributed by atoms with van der Waals surface area (Å²) in [6, 6.07) is 19.7. The van der Waals surface area contributed by atoms with Crippen LogP contribution >= 0.6 is 0 Å². The number of aliphatic hydroxyl groups excluding tert-OH is 2. The Morgan fingerprint density at radius 1 is 0.594 bits per heavy atom. The van der Waals surface area contributed by atoms with Crippen molar-refractivity contribution < 1.29 is 19.8 Å². The van der Waals surface area contributed by atoms with Crippen LogP contribution in [0.4, 0.5) is 32.3 Å². The van der Waals surface area contributed by atoms with Gasteiger partial charge in [0.05, 0.1) is 12.2 Å². The Hall–Kier alpha value is -3.88. The Labute approximate surface area is 186 Å². The van der Waals surface area contributed by atoms with Crippen molar-refractivity contribution in [2.45, 2.75) is 26.1 Å². The highest BCUT2D eigenvalue weighted by Gasteiger charge is 2.08. The number of aliphatic hydroxyl groups is 2. The van der Waals surface area contributed by atoms with E-state index in [2.05, 4.69) is 21.3 Å². The predicted octanol–water partition coefficient (Wildman–Crippen LogP) is 5.08. The van der Waals surface area contributed by atoms with Crippen molar-refractivity contribution in [2.24, 2.45) is 0 Å². The summed E-state index contributed by atoms with van der Waals surface area (Å²) in [6.45, 7) is 3.30. The zero-order valence-corrected chi connectivity index (χ0v) is 17.8. The smallest absolute Gasteiger partial charge is 0.323 e. The standard InChI is InChI=1S/C24H26N4O4/c1-15(29)17-6-3-8-19(12-17)25-23(31)27-21-10-5-11-22(14-21)28-24(32)26-20-9-4-7-18(13-20)16(2)30/h3-16,29-30H,1-2H3,(H2,25,27,31)(H2,26,28,32)/t15-,16-/m0/s1. The molecule has 0 unspecified atom stereocenters. The number of anilines is 4. The lowest BCUT2D eigenvalue weighted by atomic mass is 10.1. The molecule has 0 fully saturated rings. The van der Waals surface area contributed by atoms with Crippen LogP contribution in [-0.2, 0) is 0 Å². The van der Waals surface area contributed by atoms with Gasteiger partial charge >= 0.3 is 12.1 Å². The normalized spacial score (nSPS) is 12.4.